The minimum absolute atomic E-state index is 0.0384. The number of ether oxygens (including phenoxy) is 4. The van der Waals surface area contributed by atoms with E-state index in [1.807, 2.05) is 6.07 Å². The van der Waals surface area contributed by atoms with Gasteiger partial charge in [-0.15, -0.1) is 0 Å². The quantitative estimate of drug-likeness (QED) is 0.813. The van der Waals surface area contributed by atoms with Crippen LogP contribution >= 0.6 is 0 Å². The van der Waals surface area contributed by atoms with E-state index in [4.69, 9.17) is 18.9 Å². The molecule has 0 amide bonds. The van der Waals surface area contributed by atoms with E-state index in [0.29, 0.717) is 30.5 Å². The van der Waals surface area contributed by atoms with Crippen molar-refractivity contribution < 1.29 is 27.4 Å². The molecule has 8 heteroatoms. The number of hydrogen-bond acceptors (Lipinski definition) is 6. The molecule has 0 radical (unpaired) electrons. The van der Waals surface area contributed by atoms with Gasteiger partial charge in [-0.05, 0) is 43.7 Å². The summed E-state index contributed by atoms with van der Waals surface area (Å²) in [6.07, 6.45) is 0. The summed E-state index contributed by atoms with van der Waals surface area (Å²) < 4.78 is 50.2. The molecule has 0 bridgehead atoms. The minimum atomic E-state index is -3.86. The van der Waals surface area contributed by atoms with Gasteiger partial charge in [0.25, 0.3) is 0 Å². The monoisotopic (exact) mass is 393 g/mol. The van der Waals surface area contributed by atoms with Gasteiger partial charge in [-0.2, -0.15) is 0 Å². The predicted octanol–water partition coefficient (Wildman–Crippen LogP) is 2.69. The molecule has 0 atom stereocenters. The Balaban J connectivity index is 1.92. The maximum atomic E-state index is 13.0. The van der Waals surface area contributed by atoms with Crippen molar-refractivity contribution in [2.75, 3.05) is 27.4 Å². The van der Waals surface area contributed by atoms with Gasteiger partial charge in [-0.1, -0.05) is 6.07 Å². The molecule has 0 aliphatic carbocycles. The number of rotatable bonds is 6. The fourth-order valence-corrected chi connectivity index (χ4v) is 4.43. The number of benzene rings is 2. The van der Waals surface area contributed by atoms with E-state index in [-0.39, 0.29) is 10.6 Å². The third-order valence-electron chi connectivity index (χ3n) is 4.31. The second-order valence-electron chi connectivity index (χ2n) is 6.61. The normalized spacial score (nSPS) is 13.9. The Morgan fingerprint density at radius 1 is 0.963 bits per heavy atom. The maximum absolute atomic E-state index is 13.0. The van der Waals surface area contributed by atoms with Crippen molar-refractivity contribution in [3.8, 4) is 23.0 Å². The smallest absolute Gasteiger partial charge is 0.245 e. The first-order valence-electron chi connectivity index (χ1n) is 8.43. The summed E-state index contributed by atoms with van der Waals surface area (Å²) in [6, 6.07) is 9.97. The van der Waals surface area contributed by atoms with Crippen LogP contribution in [0.2, 0.25) is 0 Å². The van der Waals surface area contributed by atoms with Crippen LogP contribution in [0.1, 0.15) is 19.4 Å². The summed E-state index contributed by atoms with van der Waals surface area (Å²) in [4.78, 5) is 0.0384. The first-order valence-corrected chi connectivity index (χ1v) is 9.91. The van der Waals surface area contributed by atoms with Crippen molar-refractivity contribution in [2.45, 2.75) is 24.3 Å². The predicted molar refractivity (Wildman–Crippen MR) is 100 cm³/mol. The zero-order valence-electron chi connectivity index (χ0n) is 15.7. The van der Waals surface area contributed by atoms with Crippen molar-refractivity contribution in [1.82, 2.24) is 4.72 Å². The van der Waals surface area contributed by atoms with Crippen molar-refractivity contribution in [2.24, 2.45) is 0 Å². The Bertz CT molecular complexity index is 939. The molecule has 27 heavy (non-hydrogen) atoms. The second-order valence-corrected chi connectivity index (χ2v) is 8.26. The Kier molecular flexibility index (Phi) is 5.21. The average Bonchev–Trinajstić information content (AvgIpc) is 2.66. The van der Waals surface area contributed by atoms with Crippen LogP contribution in [0.4, 0.5) is 0 Å². The molecule has 1 aliphatic rings. The Labute approximate surface area is 159 Å². The largest absolute Gasteiger partial charge is 0.497 e. The van der Waals surface area contributed by atoms with Gasteiger partial charge in [-0.3, -0.25) is 0 Å². The summed E-state index contributed by atoms with van der Waals surface area (Å²) in [5.74, 6) is 1.98. The van der Waals surface area contributed by atoms with Crippen molar-refractivity contribution >= 4 is 10.0 Å². The van der Waals surface area contributed by atoms with Crippen molar-refractivity contribution in [3.63, 3.8) is 0 Å². The molecule has 0 unspecified atom stereocenters. The molecule has 2 aromatic rings. The molecule has 1 N–H and O–H groups in total. The Morgan fingerprint density at radius 2 is 1.67 bits per heavy atom. The van der Waals surface area contributed by atoms with E-state index in [0.717, 1.165) is 5.56 Å². The number of methoxy groups -OCH3 is 2. The zero-order valence-corrected chi connectivity index (χ0v) is 16.6. The zero-order chi connectivity index (χ0) is 19.7. The van der Waals surface area contributed by atoms with Crippen LogP contribution in [0.5, 0.6) is 23.0 Å². The molecule has 1 heterocycles. The first-order chi connectivity index (χ1) is 12.8. The number of hydrogen-bond donors (Lipinski definition) is 1. The number of sulfonamides is 1. The Hall–Kier alpha value is -2.45. The van der Waals surface area contributed by atoms with E-state index < -0.39 is 15.6 Å². The molecule has 7 nitrogen and oxygen atoms in total. The average molecular weight is 393 g/mol. The van der Waals surface area contributed by atoms with Gasteiger partial charge in [0.05, 0.1) is 19.8 Å². The SMILES string of the molecule is COc1ccc(S(=O)(=O)NC(C)(C)c2ccc3c(c2)OCCO3)c(OC)c1. The van der Waals surface area contributed by atoms with Crippen LogP contribution in [-0.4, -0.2) is 35.9 Å². The third kappa shape index (κ3) is 3.96. The van der Waals surface area contributed by atoms with Gasteiger partial charge in [0.1, 0.15) is 29.6 Å². The van der Waals surface area contributed by atoms with Crippen molar-refractivity contribution in [1.29, 1.82) is 0 Å². The van der Waals surface area contributed by atoms with Crippen LogP contribution in [0.25, 0.3) is 0 Å². The van der Waals surface area contributed by atoms with Crippen LogP contribution in [-0.2, 0) is 15.6 Å². The molecule has 1 aliphatic heterocycles. The molecule has 0 saturated heterocycles. The molecule has 3 rings (SSSR count). The summed E-state index contributed by atoms with van der Waals surface area (Å²) in [5, 5.41) is 0. The fraction of sp³-hybridized carbons (Fsp3) is 0.368. The molecular formula is C19H23NO6S. The third-order valence-corrected chi connectivity index (χ3v) is 6.01. The second kappa shape index (κ2) is 7.28. The van der Waals surface area contributed by atoms with E-state index in [2.05, 4.69) is 4.72 Å². The maximum Gasteiger partial charge on any atom is 0.245 e. The molecule has 146 valence electrons. The highest BCUT2D eigenvalue weighted by Crippen LogP contribution is 2.36. The molecule has 0 fully saturated rings. The lowest BCUT2D eigenvalue weighted by Gasteiger charge is -2.28. The number of nitrogens with one attached hydrogen (secondary N) is 1. The molecule has 0 spiro atoms. The highest BCUT2D eigenvalue weighted by Gasteiger charge is 2.31. The van der Waals surface area contributed by atoms with Gasteiger partial charge in [-0.25, -0.2) is 13.1 Å². The highest BCUT2D eigenvalue weighted by molar-refractivity contribution is 7.89. The van der Waals surface area contributed by atoms with E-state index in [9.17, 15) is 8.42 Å². The van der Waals surface area contributed by atoms with E-state index >= 15 is 0 Å². The lowest BCUT2D eigenvalue weighted by molar-refractivity contribution is 0.171. The van der Waals surface area contributed by atoms with Gasteiger partial charge < -0.3 is 18.9 Å². The van der Waals surface area contributed by atoms with Gasteiger partial charge >= 0.3 is 0 Å². The first kappa shape index (κ1) is 19.3. The molecule has 2 aromatic carbocycles. The van der Waals surface area contributed by atoms with Gasteiger partial charge in [0.15, 0.2) is 11.5 Å². The summed E-state index contributed by atoms with van der Waals surface area (Å²) in [7, 11) is -0.935. The minimum Gasteiger partial charge on any atom is -0.497 e. The molecule has 0 aromatic heterocycles. The number of fused-ring (bicyclic) bond motifs is 1. The summed E-state index contributed by atoms with van der Waals surface area (Å²) in [5.41, 5.74) is -0.137. The van der Waals surface area contributed by atoms with Crippen LogP contribution in [0.15, 0.2) is 41.3 Å². The standard InChI is InChI=1S/C19H23NO6S/c1-19(2,13-5-7-15-16(11-13)26-10-9-25-15)20-27(21,22)18-8-6-14(23-3)12-17(18)24-4/h5-8,11-12,20H,9-10H2,1-4H3. The topological polar surface area (TPSA) is 83.1 Å². The van der Waals surface area contributed by atoms with E-state index in [1.54, 1.807) is 32.0 Å². The highest BCUT2D eigenvalue weighted by atomic mass is 32.2. The molecular weight excluding hydrogens is 370 g/mol. The van der Waals surface area contributed by atoms with Crippen LogP contribution in [0.3, 0.4) is 0 Å². The van der Waals surface area contributed by atoms with Gasteiger partial charge in [0, 0.05) is 6.07 Å². The van der Waals surface area contributed by atoms with Crippen LogP contribution in [0, 0.1) is 0 Å². The summed E-state index contributed by atoms with van der Waals surface area (Å²) >= 11 is 0. The lowest BCUT2D eigenvalue weighted by Crippen LogP contribution is -2.41. The van der Waals surface area contributed by atoms with Gasteiger partial charge in [0.2, 0.25) is 10.0 Å². The summed E-state index contributed by atoms with van der Waals surface area (Å²) in [6.45, 7) is 4.53. The Morgan fingerprint density at radius 3 is 2.33 bits per heavy atom. The molecule has 0 saturated carbocycles. The lowest BCUT2D eigenvalue weighted by atomic mass is 9.95. The fourth-order valence-electron chi connectivity index (χ4n) is 2.88. The van der Waals surface area contributed by atoms with Crippen molar-refractivity contribution in [3.05, 3.63) is 42.0 Å². The van der Waals surface area contributed by atoms with Crippen LogP contribution < -0.4 is 23.7 Å². The van der Waals surface area contributed by atoms with E-state index in [1.165, 1.54) is 26.4 Å².